The van der Waals surface area contributed by atoms with Crippen molar-refractivity contribution in [3.8, 4) is 11.5 Å². The van der Waals surface area contributed by atoms with Crippen molar-refractivity contribution in [2.75, 3.05) is 37.6 Å². The number of aryl methyl sites for hydroxylation is 1. The molecule has 0 spiro atoms. The zero-order valence-corrected chi connectivity index (χ0v) is 19.2. The van der Waals surface area contributed by atoms with Crippen molar-refractivity contribution >= 4 is 11.9 Å². The van der Waals surface area contributed by atoms with Crippen molar-refractivity contribution in [2.24, 2.45) is 5.92 Å². The number of amides is 1. The van der Waals surface area contributed by atoms with E-state index in [1.54, 1.807) is 0 Å². The Labute approximate surface area is 194 Å². The predicted octanol–water partition coefficient (Wildman–Crippen LogP) is 3.44. The zero-order valence-electron chi connectivity index (χ0n) is 19.2. The summed E-state index contributed by atoms with van der Waals surface area (Å²) in [6, 6.07) is 17.2. The molecule has 33 heavy (non-hydrogen) atoms. The number of nitrogens with zero attached hydrogens (tertiary/aromatic N) is 4. The molecule has 2 aliphatic rings. The number of piperidine rings is 1. The van der Waals surface area contributed by atoms with E-state index in [-0.39, 0.29) is 11.8 Å². The Morgan fingerprint density at radius 3 is 2.58 bits per heavy atom. The number of rotatable bonds is 6. The van der Waals surface area contributed by atoms with Crippen LogP contribution in [0, 0.1) is 12.8 Å². The first-order valence-electron chi connectivity index (χ1n) is 11.9. The molecule has 1 amide bonds. The van der Waals surface area contributed by atoms with E-state index in [1.807, 2.05) is 24.3 Å². The summed E-state index contributed by atoms with van der Waals surface area (Å²) in [6.45, 7) is 7.16. The van der Waals surface area contributed by atoms with Gasteiger partial charge in [-0.2, -0.15) is 0 Å². The largest absolute Gasteiger partial charge is 0.403 e. The molecule has 1 saturated heterocycles. The third-order valence-electron chi connectivity index (χ3n) is 6.79. The van der Waals surface area contributed by atoms with E-state index in [2.05, 4.69) is 56.5 Å². The van der Waals surface area contributed by atoms with Crippen LogP contribution in [0.5, 0.6) is 0 Å². The summed E-state index contributed by atoms with van der Waals surface area (Å²) in [5.41, 5.74) is 4.98. The van der Waals surface area contributed by atoms with Crippen LogP contribution in [0.25, 0.3) is 11.5 Å². The van der Waals surface area contributed by atoms with Crippen LogP contribution in [0.15, 0.2) is 52.9 Å². The van der Waals surface area contributed by atoms with Gasteiger partial charge in [-0.25, -0.2) is 0 Å². The number of fused-ring (bicyclic) bond motifs is 1. The number of benzene rings is 2. The monoisotopic (exact) mass is 445 g/mol. The Morgan fingerprint density at radius 1 is 1.03 bits per heavy atom. The second kappa shape index (κ2) is 9.75. The summed E-state index contributed by atoms with van der Waals surface area (Å²) in [5.74, 6) is 0.742. The van der Waals surface area contributed by atoms with Crippen molar-refractivity contribution < 1.29 is 9.21 Å². The average molecular weight is 446 g/mol. The zero-order chi connectivity index (χ0) is 22.6. The third kappa shape index (κ3) is 5.09. The Bertz CT molecular complexity index is 1090. The van der Waals surface area contributed by atoms with Crippen LogP contribution in [0.2, 0.25) is 0 Å². The fraction of sp³-hybridized carbons (Fsp3) is 0.423. The standard InChI is InChI=1S/C26H31N5O2/c1-19-6-8-22(9-7-19)25-28-29-26(33-25)31-15-11-21(12-16-31)24(32)27-13-17-30-14-10-20-4-2-3-5-23(20)18-30/h2-9,21H,10-18H2,1H3,(H,27,32). The first-order chi connectivity index (χ1) is 16.2. The topological polar surface area (TPSA) is 74.5 Å². The van der Waals surface area contributed by atoms with Crippen LogP contribution in [0.3, 0.4) is 0 Å². The molecular weight excluding hydrogens is 414 g/mol. The summed E-state index contributed by atoms with van der Waals surface area (Å²) < 4.78 is 5.90. The molecule has 1 aromatic heterocycles. The summed E-state index contributed by atoms with van der Waals surface area (Å²) in [6.07, 6.45) is 2.68. The van der Waals surface area contributed by atoms with Crippen molar-refractivity contribution in [1.29, 1.82) is 0 Å². The maximum absolute atomic E-state index is 12.7. The summed E-state index contributed by atoms with van der Waals surface area (Å²) in [7, 11) is 0. The third-order valence-corrected chi connectivity index (χ3v) is 6.79. The maximum atomic E-state index is 12.7. The molecule has 0 saturated carbocycles. The van der Waals surface area contributed by atoms with Crippen LogP contribution in [0.4, 0.5) is 6.01 Å². The number of carbonyl (C=O) groups excluding carboxylic acids is 1. The van der Waals surface area contributed by atoms with Crippen molar-refractivity contribution in [2.45, 2.75) is 32.7 Å². The van der Waals surface area contributed by atoms with Crippen molar-refractivity contribution in [3.63, 3.8) is 0 Å². The van der Waals surface area contributed by atoms with Gasteiger partial charge in [-0.3, -0.25) is 9.69 Å². The molecule has 0 aliphatic carbocycles. The number of aromatic nitrogens is 2. The van der Waals surface area contributed by atoms with Gasteiger partial charge in [0.1, 0.15) is 0 Å². The first-order valence-corrected chi connectivity index (χ1v) is 11.9. The highest BCUT2D eigenvalue weighted by Gasteiger charge is 2.27. The SMILES string of the molecule is Cc1ccc(-c2nnc(N3CCC(C(=O)NCCN4CCc5ccccc5C4)CC3)o2)cc1. The summed E-state index contributed by atoms with van der Waals surface area (Å²) >= 11 is 0. The molecule has 7 heteroatoms. The van der Waals surface area contributed by atoms with E-state index in [0.717, 1.165) is 57.5 Å². The molecule has 0 unspecified atom stereocenters. The van der Waals surface area contributed by atoms with Gasteiger partial charge in [-0.15, -0.1) is 5.10 Å². The summed E-state index contributed by atoms with van der Waals surface area (Å²) in [5, 5.41) is 11.6. The van der Waals surface area contributed by atoms with E-state index < -0.39 is 0 Å². The Morgan fingerprint density at radius 2 is 1.79 bits per heavy atom. The number of hydrogen-bond acceptors (Lipinski definition) is 6. The van der Waals surface area contributed by atoms with Crippen LogP contribution in [0.1, 0.15) is 29.5 Å². The fourth-order valence-corrected chi connectivity index (χ4v) is 4.72. The minimum atomic E-state index is 0.0443. The Kier molecular flexibility index (Phi) is 6.39. The van der Waals surface area contributed by atoms with Crippen LogP contribution >= 0.6 is 0 Å². The van der Waals surface area contributed by atoms with Crippen LogP contribution in [-0.2, 0) is 17.8 Å². The van der Waals surface area contributed by atoms with Gasteiger partial charge in [-0.1, -0.05) is 47.1 Å². The summed E-state index contributed by atoms with van der Waals surface area (Å²) in [4.78, 5) is 17.2. The smallest absolute Gasteiger partial charge is 0.318 e. The van der Waals surface area contributed by atoms with E-state index in [9.17, 15) is 4.79 Å². The van der Waals surface area contributed by atoms with Gasteiger partial charge < -0.3 is 14.6 Å². The molecule has 0 radical (unpaired) electrons. The molecular formula is C26H31N5O2. The molecule has 3 aromatic rings. The van der Waals surface area contributed by atoms with Gasteiger partial charge in [0.05, 0.1) is 0 Å². The number of anilines is 1. The molecule has 172 valence electrons. The van der Waals surface area contributed by atoms with E-state index >= 15 is 0 Å². The number of carbonyl (C=O) groups is 1. The molecule has 0 bridgehead atoms. The minimum absolute atomic E-state index is 0.0443. The van der Waals surface area contributed by atoms with E-state index in [0.29, 0.717) is 18.5 Å². The number of hydrogen-bond donors (Lipinski definition) is 1. The maximum Gasteiger partial charge on any atom is 0.318 e. The van der Waals surface area contributed by atoms with Crippen molar-refractivity contribution in [1.82, 2.24) is 20.4 Å². The Balaban J connectivity index is 1.06. The van der Waals surface area contributed by atoms with E-state index in [1.165, 1.54) is 16.7 Å². The van der Waals surface area contributed by atoms with Crippen molar-refractivity contribution in [3.05, 3.63) is 65.2 Å². The lowest BCUT2D eigenvalue weighted by Gasteiger charge is -2.31. The molecule has 2 aromatic carbocycles. The van der Waals surface area contributed by atoms with E-state index in [4.69, 9.17) is 4.42 Å². The van der Waals surface area contributed by atoms with Gasteiger partial charge >= 0.3 is 6.01 Å². The second-order valence-electron chi connectivity index (χ2n) is 9.10. The fourth-order valence-electron chi connectivity index (χ4n) is 4.72. The molecule has 0 atom stereocenters. The quantitative estimate of drug-likeness (QED) is 0.627. The van der Waals surface area contributed by atoms with Gasteiger partial charge in [-0.05, 0) is 49.4 Å². The molecule has 3 heterocycles. The average Bonchev–Trinajstić information content (AvgIpc) is 3.35. The molecule has 1 N–H and O–H groups in total. The lowest BCUT2D eigenvalue weighted by atomic mass is 9.96. The van der Waals surface area contributed by atoms with Gasteiger partial charge in [0, 0.05) is 50.7 Å². The predicted molar refractivity (Wildman–Crippen MR) is 128 cm³/mol. The Hall–Kier alpha value is -3.19. The molecule has 7 nitrogen and oxygen atoms in total. The van der Waals surface area contributed by atoms with Gasteiger partial charge in [0.15, 0.2) is 0 Å². The molecule has 2 aliphatic heterocycles. The lowest BCUT2D eigenvalue weighted by molar-refractivity contribution is -0.125. The minimum Gasteiger partial charge on any atom is -0.403 e. The van der Waals surface area contributed by atoms with Gasteiger partial charge in [0.2, 0.25) is 11.8 Å². The normalized spacial score (nSPS) is 17.1. The van der Waals surface area contributed by atoms with Crippen LogP contribution in [-0.4, -0.2) is 53.7 Å². The molecule has 5 rings (SSSR count). The highest BCUT2D eigenvalue weighted by Crippen LogP contribution is 2.26. The number of nitrogens with one attached hydrogen (secondary N) is 1. The van der Waals surface area contributed by atoms with Gasteiger partial charge in [0.25, 0.3) is 0 Å². The molecule has 1 fully saturated rings. The van der Waals surface area contributed by atoms with Crippen LogP contribution < -0.4 is 10.2 Å². The second-order valence-corrected chi connectivity index (χ2v) is 9.10. The first kappa shape index (κ1) is 21.6. The highest BCUT2D eigenvalue weighted by atomic mass is 16.4. The highest BCUT2D eigenvalue weighted by molar-refractivity contribution is 5.78. The lowest BCUT2D eigenvalue weighted by Crippen LogP contribution is -2.43.